The van der Waals surface area contributed by atoms with E-state index in [1.807, 2.05) is 0 Å². The summed E-state index contributed by atoms with van der Waals surface area (Å²) in [6, 6.07) is -0.467. The van der Waals surface area contributed by atoms with Crippen LogP contribution in [0.15, 0.2) is 12.2 Å². The van der Waals surface area contributed by atoms with Crippen LogP contribution in [0.25, 0.3) is 0 Å². The molecule has 2 bridgehead atoms. The quantitative estimate of drug-likeness (QED) is 0.534. The van der Waals surface area contributed by atoms with E-state index in [2.05, 4.69) is 17.5 Å². The fraction of sp³-hybridized carbons (Fsp3) is 0.789. The van der Waals surface area contributed by atoms with E-state index in [-0.39, 0.29) is 29.8 Å². The lowest BCUT2D eigenvalue weighted by atomic mass is 9.91. The molecule has 4 atom stereocenters. The van der Waals surface area contributed by atoms with Crippen LogP contribution in [-0.2, 0) is 14.3 Å². The molecule has 146 valence electrons. The third-order valence-electron chi connectivity index (χ3n) is 5.25. The second-order valence-electron chi connectivity index (χ2n) is 7.43. The van der Waals surface area contributed by atoms with Crippen molar-refractivity contribution in [1.82, 2.24) is 5.32 Å². The van der Waals surface area contributed by atoms with Gasteiger partial charge in [0.2, 0.25) is 0 Å². The second kappa shape index (κ2) is 9.24. The topological polar surface area (TPSA) is 84.9 Å². The maximum Gasteiger partial charge on any atom is 0.306 e. The van der Waals surface area contributed by atoms with Gasteiger partial charge in [-0.2, -0.15) is 0 Å². The normalized spacial score (nSPS) is 38.6. The van der Waals surface area contributed by atoms with Gasteiger partial charge in [-0.15, -0.1) is 0 Å². The van der Waals surface area contributed by atoms with E-state index >= 15 is 0 Å². The van der Waals surface area contributed by atoms with E-state index in [1.54, 1.807) is 0 Å². The average molecular weight is 384 g/mol. The van der Waals surface area contributed by atoms with Gasteiger partial charge in [0.1, 0.15) is 6.10 Å². The molecule has 1 amide bonds. The molecule has 0 unspecified atom stereocenters. The second-order valence-corrected chi connectivity index (χ2v) is 8.43. The van der Waals surface area contributed by atoms with Crippen LogP contribution in [0.4, 0.5) is 4.79 Å². The van der Waals surface area contributed by atoms with Gasteiger partial charge in [0, 0.05) is 25.0 Å². The molecule has 3 aliphatic rings. The summed E-state index contributed by atoms with van der Waals surface area (Å²) in [5, 5.41) is 13.7. The Labute approximate surface area is 159 Å². The molecule has 0 aromatic carbocycles. The number of esters is 1. The number of nitrogens with one attached hydrogen (secondary N) is 1. The number of carbonyl (C=O) groups excluding carboxylic acids is 2. The lowest BCUT2D eigenvalue weighted by molar-refractivity contribution is -0.284. The Morgan fingerprint density at radius 1 is 1.12 bits per heavy atom. The molecule has 2 N–H and O–H groups in total. The van der Waals surface area contributed by atoms with Crippen LogP contribution >= 0.6 is 11.8 Å². The predicted octanol–water partition coefficient (Wildman–Crippen LogP) is 3.28. The maximum absolute atomic E-state index is 12.2. The van der Waals surface area contributed by atoms with Gasteiger partial charge in [-0.25, -0.2) is 0 Å². The lowest BCUT2D eigenvalue weighted by Crippen LogP contribution is -2.58. The van der Waals surface area contributed by atoms with Crippen molar-refractivity contribution in [3.8, 4) is 0 Å². The Kier molecular flexibility index (Phi) is 7.00. The van der Waals surface area contributed by atoms with Crippen molar-refractivity contribution < 1.29 is 24.2 Å². The summed E-state index contributed by atoms with van der Waals surface area (Å²) >= 11 is 1.15. The summed E-state index contributed by atoms with van der Waals surface area (Å²) in [4.78, 5) is 23.7. The number of rotatable bonds is 1. The summed E-state index contributed by atoms with van der Waals surface area (Å²) in [5.41, 5.74) is 0. The zero-order valence-corrected chi connectivity index (χ0v) is 16.0. The number of hydrogen-bond acceptors (Lipinski definition) is 6. The van der Waals surface area contributed by atoms with Gasteiger partial charge >= 0.3 is 5.97 Å². The summed E-state index contributed by atoms with van der Waals surface area (Å²) in [6.07, 6.45) is 11.9. The number of fused-ring (bicyclic) bond motifs is 2. The molecule has 7 heteroatoms. The van der Waals surface area contributed by atoms with E-state index in [4.69, 9.17) is 9.47 Å². The molecule has 0 aromatic rings. The van der Waals surface area contributed by atoms with Crippen LogP contribution < -0.4 is 5.32 Å². The van der Waals surface area contributed by atoms with Gasteiger partial charge in [0.05, 0.1) is 12.1 Å². The van der Waals surface area contributed by atoms with Crippen LogP contribution in [0.3, 0.4) is 0 Å². The first-order chi connectivity index (χ1) is 12.5. The van der Waals surface area contributed by atoms with Crippen LogP contribution in [0.5, 0.6) is 0 Å². The van der Waals surface area contributed by atoms with E-state index in [0.29, 0.717) is 18.6 Å². The number of thioether (sulfide) groups is 1. The van der Waals surface area contributed by atoms with Gasteiger partial charge in [-0.1, -0.05) is 30.3 Å². The predicted molar refractivity (Wildman–Crippen MR) is 99.8 cm³/mol. The fourth-order valence-corrected chi connectivity index (χ4v) is 4.75. The standard InChI is InChI=1S/C19H29NO5S/c21-17-10-8-6-4-2-1-3-5-7-9-14-11-15(24-17)12-19(23,25-14)16-13-26-18(22)20-16/h1,3,14-16,23H,2,4-13H2,(H,20,22)/b3-1+/t14-,15-,16+,19-/m1/s1. The molecule has 26 heavy (non-hydrogen) atoms. The highest BCUT2D eigenvalue weighted by molar-refractivity contribution is 8.14. The minimum Gasteiger partial charge on any atom is -0.462 e. The SMILES string of the molecule is O=C1CCCCC/C=C/CCC[C@@H]2C[C@H](C[C@](O)([C@@H]3CSC(=O)N3)O2)O1. The number of hydrogen-bond donors (Lipinski definition) is 2. The molecule has 0 radical (unpaired) electrons. The summed E-state index contributed by atoms with van der Waals surface area (Å²) in [6.45, 7) is 0. The Bertz CT molecular complexity index is 540. The zero-order chi connectivity index (χ0) is 18.4. The van der Waals surface area contributed by atoms with Crippen molar-refractivity contribution in [2.24, 2.45) is 0 Å². The highest BCUT2D eigenvalue weighted by Crippen LogP contribution is 2.36. The highest BCUT2D eigenvalue weighted by Gasteiger charge is 2.49. The van der Waals surface area contributed by atoms with E-state index in [9.17, 15) is 14.7 Å². The van der Waals surface area contributed by atoms with Crippen LogP contribution in [0.1, 0.15) is 64.2 Å². The molecule has 0 saturated carbocycles. The van der Waals surface area contributed by atoms with Crippen LogP contribution in [0.2, 0.25) is 0 Å². The highest BCUT2D eigenvalue weighted by atomic mass is 32.2. The Morgan fingerprint density at radius 3 is 2.69 bits per heavy atom. The first kappa shape index (κ1) is 19.7. The van der Waals surface area contributed by atoms with Gasteiger partial charge in [0.15, 0.2) is 5.79 Å². The lowest BCUT2D eigenvalue weighted by Gasteiger charge is -2.43. The molecule has 0 aliphatic carbocycles. The molecule has 3 rings (SSSR count). The van der Waals surface area contributed by atoms with E-state index in [1.165, 1.54) is 0 Å². The van der Waals surface area contributed by atoms with Crippen molar-refractivity contribution >= 4 is 23.0 Å². The minimum atomic E-state index is -1.48. The Morgan fingerprint density at radius 2 is 1.92 bits per heavy atom. The summed E-state index contributed by atoms with van der Waals surface area (Å²) < 4.78 is 11.7. The summed E-state index contributed by atoms with van der Waals surface area (Å²) in [7, 11) is 0. The molecule has 2 saturated heterocycles. The Hall–Kier alpha value is -1.05. The fourth-order valence-electron chi connectivity index (χ4n) is 3.86. The molecule has 3 aliphatic heterocycles. The van der Waals surface area contributed by atoms with E-state index in [0.717, 1.165) is 56.7 Å². The number of allylic oxidation sites excluding steroid dienone is 2. The molecule has 0 spiro atoms. The maximum atomic E-state index is 12.2. The van der Waals surface area contributed by atoms with Gasteiger partial charge in [0.25, 0.3) is 5.24 Å². The average Bonchev–Trinajstić information content (AvgIpc) is 3.02. The van der Waals surface area contributed by atoms with Gasteiger partial charge < -0.3 is 19.9 Å². The van der Waals surface area contributed by atoms with Crippen molar-refractivity contribution in [1.29, 1.82) is 0 Å². The van der Waals surface area contributed by atoms with Crippen LogP contribution in [0, 0.1) is 0 Å². The van der Waals surface area contributed by atoms with Crippen molar-refractivity contribution in [2.75, 3.05) is 5.75 Å². The van der Waals surface area contributed by atoms with Crippen molar-refractivity contribution in [2.45, 2.75) is 88.2 Å². The van der Waals surface area contributed by atoms with Gasteiger partial charge in [-0.05, 0) is 38.5 Å². The number of carbonyl (C=O) groups is 2. The molecule has 3 heterocycles. The molecular weight excluding hydrogens is 354 g/mol. The molecule has 2 fully saturated rings. The largest absolute Gasteiger partial charge is 0.462 e. The minimum absolute atomic E-state index is 0.147. The zero-order valence-electron chi connectivity index (χ0n) is 15.2. The smallest absolute Gasteiger partial charge is 0.306 e. The third kappa shape index (κ3) is 5.47. The first-order valence-corrected chi connectivity index (χ1v) is 10.7. The Balaban J connectivity index is 1.68. The summed E-state index contributed by atoms with van der Waals surface area (Å²) in [5.74, 6) is -1.21. The number of ether oxygens (including phenoxy) is 2. The van der Waals surface area contributed by atoms with Gasteiger partial charge in [-0.3, -0.25) is 9.59 Å². The van der Waals surface area contributed by atoms with Crippen molar-refractivity contribution in [3.63, 3.8) is 0 Å². The monoisotopic (exact) mass is 383 g/mol. The van der Waals surface area contributed by atoms with Crippen molar-refractivity contribution in [3.05, 3.63) is 12.2 Å². The van der Waals surface area contributed by atoms with Crippen LogP contribution in [-0.4, -0.2) is 46.1 Å². The number of amides is 1. The van der Waals surface area contributed by atoms with E-state index < -0.39 is 11.8 Å². The molecule has 6 nitrogen and oxygen atoms in total. The molecule has 0 aromatic heterocycles. The molecular formula is C19H29NO5S. The first-order valence-electron chi connectivity index (χ1n) is 9.73. The number of aliphatic hydroxyl groups is 1. The third-order valence-corrected chi connectivity index (χ3v) is 6.13.